The van der Waals surface area contributed by atoms with Crippen molar-refractivity contribution in [2.45, 2.75) is 25.9 Å². The fraction of sp³-hybridized carbons (Fsp3) is 0.357. The van der Waals surface area contributed by atoms with Gasteiger partial charge in [0.25, 0.3) is 0 Å². The van der Waals surface area contributed by atoms with Crippen LogP contribution < -0.4 is 10.5 Å². The molecule has 19 heavy (non-hydrogen) atoms. The van der Waals surface area contributed by atoms with Gasteiger partial charge in [-0.1, -0.05) is 17.7 Å². The highest BCUT2D eigenvalue weighted by Gasteiger charge is 2.05. The summed E-state index contributed by atoms with van der Waals surface area (Å²) >= 11 is 6.16. The zero-order valence-corrected chi connectivity index (χ0v) is 11.7. The summed E-state index contributed by atoms with van der Waals surface area (Å²) in [5.74, 6) is 0.705. The van der Waals surface area contributed by atoms with Crippen LogP contribution in [0.5, 0.6) is 5.75 Å². The monoisotopic (exact) mass is 279 g/mol. The minimum atomic E-state index is -0.0206. The van der Waals surface area contributed by atoms with Gasteiger partial charge in [-0.3, -0.25) is 0 Å². The Kier molecular flexibility index (Phi) is 4.82. The van der Waals surface area contributed by atoms with E-state index in [1.165, 1.54) is 0 Å². The van der Waals surface area contributed by atoms with Crippen LogP contribution in [0.25, 0.3) is 0 Å². The Hall–Kier alpha value is -1.52. The lowest BCUT2D eigenvalue weighted by atomic mass is 10.1. The van der Waals surface area contributed by atoms with Crippen molar-refractivity contribution in [3.8, 4) is 5.75 Å². The van der Waals surface area contributed by atoms with E-state index >= 15 is 0 Å². The highest BCUT2D eigenvalue weighted by atomic mass is 35.5. The van der Waals surface area contributed by atoms with Gasteiger partial charge in [0.15, 0.2) is 0 Å². The number of aryl methyl sites for hydroxylation is 1. The number of aromatic nitrogens is 2. The van der Waals surface area contributed by atoms with Crippen LogP contribution in [0.1, 0.15) is 24.9 Å². The molecular weight excluding hydrogens is 262 g/mol. The number of hydrogen-bond acceptors (Lipinski definition) is 3. The summed E-state index contributed by atoms with van der Waals surface area (Å²) in [6, 6.07) is 5.66. The lowest BCUT2D eigenvalue weighted by molar-refractivity contribution is 0.302. The van der Waals surface area contributed by atoms with Gasteiger partial charge >= 0.3 is 0 Å². The van der Waals surface area contributed by atoms with E-state index in [0.29, 0.717) is 17.4 Å². The van der Waals surface area contributed by atoms with Crippen molar-refractivity contribution >= 4 is 11.6 Å². The van der Waals surface area contributed by atoms with Crippen molar-refractivity contribution in [1.82, 2.24) is 9.55 Å². The SMILES string of the molecule is CC(N)c1ccc(OCCCn2ccnc2)c(Cl)c1. The molecule has 0 saturated heterocycles. The van der Waals surface area contributed by atoms with Gasteiger partial charge in [0.05, 0.1) is 18.0 Å². The van der Waals surface area contributed by atoms with Crippen LogP contribution in [0, 0.1) is 0 Å². The number of imidazole rings is 1. The standard InChI is InChI=1S/C14H18ClN3O/c1-11(16)12-3-4-14(13(15)9-12)19-8-2-6-18-7-5-17-10-18/h3-5,7,9-11H,2,6,8,16H2,1H3. The second kappa shape index (κ2) is 6.59. The van der Waals surface area contributed by atoms with Crippen molar-refractivity contribution in [3.05, 3.63) is 47.5 Å². The average molecular weight is 280 g/mol. The van der Waals surface area contributed by atoms with Crippen LogP contribution in [0.4, 0.5) is 0 Å². The van der Waals surface area contributed by atoms with Crippen LogP contribution >= 0.6 is 11.6 Å². The first-order chi connectivity index (χ1) is 9.16. The van der Waals surface area contributed by atoms with Crippen molar-refractivity contribution in [1.29, 1.82) is 0 Å². The summed E-state index contributed by atoms with van der Waals surface area (Å²) in [6.45, 7) is 3.43. The molecule has 0 saturated carbocycles. The minimum absolute atomic E-state index is 0.0206. The zero-order valence-electron chi connectivity index (χ0n) is 10.9. The summed E-state index contributed by atoms with van der Waals surface area (Å²) in [4.78, 5) is 3.99. The molecule has 5 heteroatoms. The van der Waals surface area contributed by atoms with E-state index in [2.05, 4.69) is 4.98 Å². The lowest BCUT2D eigenvalue weighted by Crippen LogP contribution is -2.06. The van der Waals surface area contributed by atoms with E-state index in [4.69, 9.17) is 22.1 Å². The van der Waals surface area contributed by atoms with Crippen LogP contribution in [0.3, 0.4) is 0 Å². The molecule has 0 aliphatic rings. The molecule has 2 aromatic rings. The van der Waals surface area contributed by atoms with E-state index in [-0.39, 0.29) is 6.04 Å². The van der Waals surface area contributed by atoms with Gasteiger partial charge < -0.3 is 15.0 Å². The second-order valence-corrected chi connectivity index (χ2v) is 4.89. The van der Waals surface area contributed by atoms with E-state index in [9.17, 15) is 0 Å². The molecule has 0 aliphatic heterocycles. The third kappa shape index (κ3) is 3.98. The normalized spacial score (nSPS) is 12.4. The summed E-state index contributed by atoms with van der Waals surface area (Å²) in [5, 5.41) is 0.609. The summed E-state index contributed by atoms with van der Waals surface area (Å²) in [5.41, 5.74) is 6.81. The van der Waals surface area contributed by atoms with Crippen LogP contribution in [0.15, 0.2) is 36.9 Å². The largest absolute Gasteiger partial charge is 0.492 e. The molecule has 0 fully saturated rings. The first-order valence-corrected chi connectivity index (χ1v) is 6.68. The smallest absolute Gasteiger partial charge is 0.137 e. The molecule has 0 bridgehead atoms. The first-order valence-electron chi connectivity index (χ1n) is 6.30. The predicted octanol–water partition coefficient (Wildman–Crippen LogP) is 3.03. The molecule has 0 aliphatic carbocycles. The fourth-order valence-electron chi connectivity index (χ4n) is 1.77. The molecule has 0 spiro atoms. The second-order valence-electron chi connectivity index (χ2n) is 4.48. The van der Waals surface area contributed by atoms with Crippen molar-refractivity contribution in [2.75, 3.05) is 6.61 Å². The lowest BCUT2D eigenvalue weighted by Gasteiger charge is -2.11. The molecule has 0 radical (unpaired) electrons. The first kappa shape index (κ1) is 13.9. The van der Waals surface area contributed by atoms with E-state index in [0.717, 1.165) is 18.5 Å². The molecule has 1 unspecified atom stereocenters. The Balaban J connectivity index is 1.82. The fourth-order valence-corrected chi connectivity index (χ4v) is 2.01. The molecule has 2 N–H and O–H groups in total. The number of nitrogens with two attached hydrogens (primary N) is 1. The third-order valence-electron chi connectivity index (χ3n) is 2.86. The average Bonchev–Trinajstić information content (AvgIpc) is 2.89. The Morgan fingerprint density at radius 3 is 2.95 bits per heavy atom. The minimum Gasteiger partial charge on any atom is -0.492 e. The molecule has 102 valence electrons. The van der Waals surface area contributed by atoms with Gasteiger partial charge in [0, 0.05) is 25.0 Å². The van der Waals surface area contributed by atoms with Crippen molar-refractivity contribution in [2.24, 2.45) is 5.73 Å². The summed E-state index contributed by atoms with van der Waals surface area (Å²) in [6.07, 6.45) is 6.40. The van der Waals surface area contributed by atoms with Gasteiger partial charge in [-0.25, -0.2) is 4.98 Å². The van der Waals surface area contributed by atoms with Crippen molar-refractivity contribution in [3.63, 3.8) is 0 Å². The predicted molar refractivity (Wildman–Crippen MR) is 76.4 cm³/mol. The Morgan fingerprint density at radius 1 is 1.47 bits per heavy atom. The maximum absolute atomic E-state index is 6.16. The number of ether oxygens (including phenoxy) is 1. The molecular formula is C14H18ClN3O. The van der Waals surface area contributed by atoms with E-state index in [1.54, 1.807) is 12.5 Å². The highest BCUT2D eigenvalue weighted by Crippen LogP contribution is 2.27. The Morgan fingerprint density at radius 2 is 2.32 bits per heavy atom. The maximum Gasteiger partial charge on any atom is 0.137 e. The number of halogens is 1. The van der Waals surface area contributed by atoms with Crippen LogP contribution in [-0.4, -0.2) is 16.2 Å². The molecule has 1 atom stereocenters. The van der Waals surface area contributed by atoms with Crippen LogP contribution in [0.2, 0.25) is 5.02 Å². The number of hydrogen-bond donors (Lipinski definition) is 1. The van der Waals surface area contributed by atoms with Gasteiger partial charge in [0.2, 0.25) is 0 Å². The molecule has 1 aromatic carbocycles. The number of rotatable bonds is 6. The van der Waals surface area contributed by atoms with Gasteiger partial charge in [-0.2, -0.15) is 0 Å². The third-order valence-corrected chi connectivity index (χ3v) is 3.15. The highest BCUT2D eigenvalue weighted by molar-refractivity contribution is 6.32. The zero-order chi connectivity index (χ0) is 13.7. The number of nitrogens with zero attached hydrogens (tertiary/aromatic N) is 2. The van der Waals surface area contributed by atoms with Gasteiger partial charge in [-0.05, 0) is 31.0 Å². The van der Waals surface area contributed by atoms with Crippen LogP contribution in [-0.2, 0) is 6.54 Å². The summed E-state index contributed by atoms with van der Waals surface area (Å²) in [7, 11) is 0. The van der Waals surface area contributed by atoms with Gasteiger partial charge in [-0.15, -0.1) is 0 Å². The van der Waals surface area contributed by atoms with E-state index < -0.39 is 0 Å². The van der Waals surface area contributed by atoms with Gasteiger partial charge in [0.1, 0.15) is 5.75 Å². The molecule has 1 heterocycles. The number of benzene rings is 1. The van der Waals surface area contributed by atoms with Crippen molar-refractivity contribution < 1.29 is 4.74 Å². The molecule has 0 amide bonds. The van der Waals surface area contributed by atoms with E-state index in [1.807, 2.05) is 35.9 Å². The quantitative estimate of drug-likeness (QED) is 0.827. The topological polar surface area (TPSA) is 53.1 Å². The summed E-state index contributed by atoms with van der Waals surface area (Å²) < 4.78 is 7.68. The molecule has 2 rings (SSSR count). The Labute approximate surface area is 118 Å². The molecule has 4 nitrogen and oxygen atoms in total. The maximum atomic E-state index is 6.16. The Bertz CT molecular complexity index is 511. The molecule has 1 aromatic heterocycles.